The Labute approximate surface area is 263 Å². The molecule has 0 radical (unpaired) electrons. The van der Waals surface area contributed by atoms with E-state index in [0.717, 1.165) is 29.2 Å². The number of esters is 1. The number of hydrogen-bond donors (Lipinski definition) is 1. The number of benzene rings is 2. The maximum Gasteiger partial charge on any atom is 0.344 e. The Morgan fingerprint density at radius 3 is 1.66 bits per heavy atom. The second-order valence-corrected chi connectivity index (χ2v) is 17.5. The van der Waals surface area contributed by atoms with Gasteiger partial charge in [0.2, 0.25) is 0 Å². The number of carbonyl (C=O) groups excluding carboxylic acids is 1. The van der Waals surface area contributed by atoms with Crippen LogP contribution in [0.25, 0.3) is 0 Å². The second kappa shape index (κ2) is 10.7. The predicted molar refractivity (Wildman–Crippen MR) is 171 cm³/mol. The maximum atomic E-state index is 14.7. The molecule has 236 valence electrons. The van der Waals surface area contributed by atoms with Gasteiger partial charge in [-0.05, 0) is 164 Å². The van der Waals surface area contributed by atoms with E-state index in [1.807, 2.05) is 13.8 Å². The highest BCUT2D eigenvalue weighted by atomic mass is 32.2. The summed E-state index contributed by atoms with van der Waals surface area (Å²) in [6.07, 6.45) is 15.5. The Bertz CT molecular complexity index is 1560. The van der Waals surface area contributed by atoms with Crippen molar-refractivity contribution in [3.63, 3.8) is 0 Å². The largest absolute Gasteiger partial charge is 0.423 e. The van der Waals surface area contributed by atoms with Crippen molar-refractivity contribution < 1.29 is 22.5 Å². The number of hydrogen-bond acceptors (Lipinski definition) is 4. The molecule has 6 fully saturated rings. The van der Waals surface area contributed by atoms with Crippen molar-refractivity contribution in [2.75, 3.05) is 0 Å². The molecule has 2 aromatic carbocycles. The Hall–Kier alpha value is -2.18. The summed E-state index contributed by atoms with van der Waals surface area (Å²) in [6, 6.07) is 8.06. The van der Waals surface area contributed by atoms with Crippen molar-refractivity contribution in [1.82, 2.24) is 0 Å². The van der Waals surface area contributed by atoms with Gasteiger partial charge in [0.15, 0.2) is 0 Å². The van der Waals surface area contributed by atoms with Gasteiger partial charge in [0, 0.05) is 0 Å². The highest BCUT2D eigenvalue weighted by molar-refractivity contribution is 7.85. The van der Waals surface area contributed by atoms with Crippen molar-refractivity contribution in [2.24, 2.45) is 35.5 Å². The summed E-state index contributed by atoms with van der Waals surface area (Å²) in [5.41, 5.74) is 5.86. The monoisotopic (exact) mass is 616 g/mol. The van der Waals surface area contributed by atoms with Crippen LogP contribution in [0.1, 0.15) is 153 Å². The van der Waals surface area contributed by atoms with E-state index >= 15 is 0 Å². The van der Waals surface area contributed by atoms with E-state index in [0.29, 0.717) is 46.5 Å². The standard InChI is InChI=1S/C38H48O5S/c1-20(2)29-19-35(21(3)10-36(29)44(40,41)42)43-38(39)37-33(31-15-23-5-8-26(31)12-23)17-28(30-14-22-4-7-25(30)11-22)18-34(37)32-16-24-6-9-27(32)13-24/h10,17-20,22-27,30-32H,4-9,11-16H2,1-3H3,(H,40,41,42). The van der Waals surface area contributed by atoms with Gasteiger partial charge >= 0.3 is 5.97 Å². The average Bonchev–Trinajstić information content (AvgIpc) is 3.84. The van der Waals surface area contributed by atoms with Crippen LogP contribution >= 0.6 is 0 Å². The molecule has 6 saturated carbocycles. The normalized spacial score (nSPS) is 35.3. The van der Waals surface area contributed by atoms with Crippen LogP contribution in [0, 0.1) is 42.4 Å². The number of aryl methyl sites for hydroxylation is 1. The molecule has 6 aliphatic carbocycles. The quantitative estimate of drug-likeness (QED) is 0.190. The first kappa shape index (κ1) is 29.2. The van der Waals surface area contributed by atoms with Gasteiger partial charge in [0.25, 0.3) is 10.1 Å². The van der Waals surface area contributed by atoms with Crippen LogP contribution < -0.4 is 4.74 Å². The highest BCUT2D eigenvalue weighted by Crippen LogP contribution is 2.59. The minimum absolute atomic E-state index is 0.106. The van der Waals surface area contributed by atoms with E-state index in [4.69, 9.17) is 4.74 Å². The molecule has 0 aliphatic heterocycles. The lowest BCUT2D eigenvalue weighted by Crippen LogP contribution is -2.23. The van der Waals surface area contributed by atoms with Crippen LogP contribution in [0.4, 0.5) is 0 Å². The summed E-state index contributed by atoms with van der Waals surface area (Å²) in [5, 5.41) is 0. The molecular formula is C38H48O5S. The molecule has 8 rings (SSSR count). The summed E-state index contributed by atoms with van der Waals surface area (Å²) in [4.78, 5) is 14.6. The van der Waals surface area contributed by atoms with Gasteiger partial charge in [-0.15, -0.1) is 0 Å². The molecule has 0 amide bonds. The van der Waals surface area contributed by atoms with Crippen molar-refractivity contribution >= 4 is 16.1 Å². The summed E-state index contributed by atoms with van der Waals surface area (Å²) < 4.78 is 40.7. The van der Waals surface area contributed by atoms with Crippen LogP contribution in [0.15, 0.2) is 29.2 Å². The maximum absolute atomic E-state index is 14.7. The van der Waals surface area contributed by atoms with Gasteiger partial charge in [-0.25, -0.2) is 4.79 Å². The van der Waals surface area contributed by atoms with Crippen LogP contribution in [-0.4, -0.2) is 18.9 Å². The Morgan fingerprint density at radius 1 is 0.750 bits per heavy atom. The van der Waals surface area contributed by atoms with E-state index in [1.165, 1.54) is 99.8 Å². The number of fused-ring (bicyclic) bond motifs is 6. The van der Waals surface area contributed by atoms with Gasteiger partial charge in [-0.1, -0.05) is 45.2 Å². The zero-order valence-corrected chi connectivity index (χ0v) is 27.4. The first-order valence-corrected chi connectivity index (χ1v) is 19.0. The van der Waals surface area contributed by atoms with Crippen LogP contribution in [0.2, 0.25) is 0 Å². The SMILES string of the molecule is Cc1cc(S(=O)(=O)O)c(C(C)C)cc1OC(=O)c1c(C2CC3CCC2C3)cc(C2CC3CCC2C3)cc1C1CC2CCC1C2. The Morgan fingerprint density at radius 2 is 1.25 bits per heavy atom. The van der Waals surface area contributed by atoms with Crippen LogP contribution in [0.3, 0.4) is 0 Å². The first-order chi connectivity index (χ1) is 21.0. The molecule has 0 aromatic heterocycles. The topological polar surface area (TPSA) is 80.7 Å². The second-order valence-electron chi connectivity index (χ2n) is 16.1. The molecule has 5 nitrogen and oxygen atoms in total. The summed E-state index contributed by atoms with van der Waals surface area (Å²) in [6.45, 7) is 5.53. The minimum atomic E-state index is -4.40. The van der Waals surface area contributed by atoms with Gasteiger partial charge in [0.1, 0.15) is 5.75 Å². The van der Waals surface area contributed by atoms with Crippen LogP contribution in [0.5, 0.6) is 5.75 Å². The molecule has 9 atom stereocenters. The molecule has 6 bridgehead atoms. The number of rotatable bonds is 7. The lowest BCUT2D eigenvalue weighted by molar-refractivity contribution is 0.0728. The molecule has 44 heavy (non-hydrogen) atoms. The van der Waals surface area contributed by atoms with Gasteiger partial charge in [0.05, 0.1) is 10.5 Å². The summed E-state index contributed by atoms with van der Waals surface area (Å²) >= 11 is 0. The molecule has 6 heteroatoms. The van der Waals surface area contributed by atoms with Crippen molar-refractivity contribution in [2.45, 2.75) is 126 Å². The zero-order valence-electron chi connectivity index (χ0n) is 26.6. The van der Waals surface area contributed by atoms with E-state index < -0.39 is 10.1 Å². The third kappa shape index (κ3) is 4.89. The lowest BCUT2D eigenvalue weighted by atomic mass is 9.72. The highest BCUT2D eigenvalue weighted by Gasteiger charge is 2.47. The van der Waals surface area contributed by atoms with E-state index in [2.05, 4.69) is 12.1 Å². The molecule has 0 spiro atoms. The molecule has 9 unspecified atom stereocenters. The van der Waals surface area contributed by atoms with Crippen molar-refractivity contribution in [3.8, 4) is 5.75 Å². The van der Waals surface area contributed by atoms with E-state index in [1.54, 1.807) is 13.0 Å². The molecular weight excluding hydrogens is 568 g/mol. The average molecular weight is 617 g/mol. The number of carbonyl (C=O) groups is 1. The molecule has 0 saturated heterocycles. The minimum Gasteiger partial charge on any atom is -0.423 e. The van der Waals surface area contributed by atoms with Crippen molar-refractivity contribution in [3.05, 3.63) is 57.6 Å². The fourth-order valence-electron chi connectivity index (χ4n) is 11.3. The number of ether oxygens (including phenoxy) is 1. The van der Waals surface area contributed by atoms with Crippen molar-refractivity contribution in [1.29, 1.82) is 0 Å². The van der Waals surface area contributed by atoms with E-state index in [9.17, 15) is 17.8 Å². The van der Waals surface area contributed by atoms with Crippen LogP contribution in [-0.2, 0) is 10.1 Å². The molecule has 0 heterocycles. The first-order valence-electron chi connectivity index (χ1n) is 17.5. The van der Waals surface area contributed by atoms with Gasteiger partial charge in [-0.2, -0.15) is 8.42 Å². The Balaban J connectivity index is 1.25. The van der Waals surface area contributed by atoms with Gasteiger partial charge < -0.3 is 4.74 Å². The fourth-order valence-corrected chi connectivity index (χ4v) is 12.2. The molecule has 6 aliphatic rings. The fraction of sp³-hybridized carbons (Fsp3) is 0.658. The summed E-state index contributed by atoms with van der Waals surface area (Å²) in [5.74, 6) is 5.91. The Kier molecular flexibility index (Phi) is 7.10. The zero-order chi connectivity index (χ0) is 30.5. The smallest absolute Gasteiger partial charge is 0.344 e. The summed E-state index contributed by atoms with van der Waals surface area (Å²) in [7, 11) is -4.40. The third-order valence-electron chi connectivity index (χ3n) is 13.3. The molecule has 1 N–H and O–H groups in total. The third-order valence-corrected chi connectivity index (χ3v) is 14.2. The molecule has 2 aromatic rings. The van der Waals surface area contributed by atoms with Gasteiger partial charge in [-0.3, -0.25) is 4.55 Å². The van der Waals surface area contributed by atoms with E-state index in [-0.39, 0.29) is 16.8 Å². The predicted octanol–water partition coefficient (Wildman–Crippen LogP) is 9.30. The lowest BCUT2D eigenvalue weighted by Gasteiger charge is -2.32.